The van der Waals surface area contributed by atoms with Gasteiger partial charge in [0, 0.05) is 11.1 Å². The summed E-state index contributed by atoms with van der Waals surface area (Å²) in [6, 6.07) is 14.0. The molecule has 0 aliphatic heterocycles. The second-order valence-electron chi connectivity index (χ2n) is 2.48. The van der Waals surface area contributed by atoms with E-state index in [1.165, 1.54) is 4.90 Å². The molecule has 0 fully saturated rings. The van der Waals surface area contributed by atoms with Crippen molar-refractivity contribution in [2.45, 2.75) is 9.92 Å². The second kappa shape index (κ2) is 4.05. The molecule has 0 aliphatic rings. The van der Waals surface area contributed by atoms with Gasteiger partial charge in [-0.2, -0.15) is 5.10 Å². The standard InChI is InChI=1S/C10H8N2S/c1-2-5-9(6-3-1)13-10-7-4-8-11-12-10/h1-8H. The highest BCUT2D eigenvalue weighted by molar-refractivity contribution is 7.99. The van der Waals surface area contributed by atoms with E-state index in [1.54, 1.807) is 18.0 Å². The summed E-state index contributed by atoms with van der Waals surface area (Å²) < 4.78 is 0. The fraction of sp³-hybridized carbons (Fsp3) is 0. The minimum atomic E-state index is 0.925. The maximum absolute atomic E-state index is 3.99. The lowest BCUT2D eigenvalue weighted by Crippen LogP contribution is -1.81. The summed E-state index contributed by atoms with van der Waals surface area (Å²) in [5, 5.41) is 8.72. The summed E-state index contributed by atoms with van der Waals surface area (Å²) >= 11 is 1.61. The summed E-state index contributed by atoms with van der Waals surface area (Å²) in [7, 11) is 0. The molecule has 1 heterocycles. The normalized spacial score (nSPS) is 9.85. The first kappa shape index (κ1) is 8.26. The van der Waals surface area contributed by atoms with Gasteiger partial charge in [0.15, 0.2) is 0 Å². The zero-order chi connectivity index (χ0) is 8.93. The lowest BCUT2D eigenvalue weighted by Gasteiger charge is -1.97. The van der Waals surface area contributed by atoms with Crippen molar-refractivity contribution in [3.8, 4) is 0 Å². The Kier molecular flexibility index (Phi) is 2.57. The molecular weight excluding hydrogens is 180 g/mol. The fourth-order valence-corrected chi connectivity index (χ4v) is 1.72. The highest BCUT2D eigenvalue weighted by Crippen LogP contribution is 2.24. The van der Waals surface area contributed by atoms with E-state index in [9.17, 15) is 0 Å². The Morgan fingerprint density at radius 2 is 1.77 bits per heavy atom. The van der Waals surface area contributed by atoms with Gasteiger partial charge in [-0.05, 0) is 24.3 Å². The van der Waals surface area contributed by atoms with Gasteiger partial charge < -0.3 is 0 Å². The lowest BCUT2D eigenvalue weighted by atomic mass is 10.4. The molecular formula is C10H8N2S. The molecule has 13 heavy (non-hydrogen) atoms. The summed E-state index contributed by atoms with van der Waals surface area (Å²) in [6.07, 6.45) is 1.68. The predicted molar refractivity (Wildman–Crippen MR) is 52.6 cm³/mol. The molecule has 0 bridgehead atoms. The van der Waals surface area contributed by atoms with Crippen LogP contribution >= 0.6 is 11.8 Å². The molecule has 0 radical (unpaired) electrons. The van der Waals surface area contributed by atoms with Crippen LogP contribution in [0.1, 0.15) is 0 Å². The summed E-state index contributed by atoms with van der Waals surface area (Å²) in [4.78, 5) is 1.18. The molecule has 0 N–H and O–H groups in total. The first-order valence-electron chi connectivity index (χ1n) is 3.96. The number of benzene rings is 1. The van der Waals surface area contributed by atoms with E-state index in [0.29, 0.717) is 0 Å². The fourth-order valence-electron chi connectivity index (χ4n) is 0.951. The third-order valence-electron chi connectivity index (χ3n) is 1.51. The number of aromatic nitrogens is 2. The summed E-state index contributed by atoms with van der Waals surface area (Å²) in [6.45, 7) is 0. The van der Waals surface area contributed by atoms with Gasteiger partial charge in [0.05, 0.1) is 0 Å². The lowest BCUT2D eigenvalue weighted by molar-refractivity contribution is 0.929. The van der Waals surface area contributed by atoms with Crippen molar-refractivity contribution < 1.29 is 0 Å². The van der Waals surface area contributed by atoms with Gasteiger partial charge >= 0.3 is 0 Å². The molecule has 0 aliphatic carbocycles. The molecule has 0 atom stereocenters. The van der Waals surface area contributed by atoms with E-state index in [-0.39, 0.29) is 0 Å². The van der Waals surface area contributed by atoms with Gasteiger partial charge in [0.2, 0.25) is 0 Å². The largest absolute Gasteiger partial charge is 0.158 e. The van der Waals surface area contributed by atoms with E-state index < -0.39 is 0 Å². The summed E-state index contributed by atoms with van der Waals surface area (Å²) in [5.41, 5.74) is 0. The molecule has 0 amide bonds. The van der Waals surface area contributed by atoms with E-state index >= 15 is 0 Å². The smallest absolute Gasteiger partial charge is 0.124 e. The Morgan fingerprint density at radius 3 is 2.46 bits per heavy atom. The first-order chi connectivity index (χ1) is 6.45. The van der Waals surface area contributed by atoms with Crippen LogP contribution in [-0.4, -0.2) is 10.2 Å². The predicted octanol–water partition coefficient (Wildman–Crippen LogP) is 2.63. The number of hydrogen-bond donors (Lipinski definition) is 0. The van der Waals surface area contributed by atoms with Crippen LogP contribution < -0.4 is 0 Å². The quantitative estimate of drug-likeness (QED) is 0.724. The Morgan fingerprint density at radius 1 is 0.923 bits per heavy atom. The number of nitrogens with zero attached hydrogens (tertiary/aromatic N) is 2. The van der Waals surface area contributed by atoms with E-state index in [1.807, 2.05) is 30.3 Å². The Balaban J connectivity index is 2.16. The zero-order valence-corrected chi connectivity index (χ0v) is 7.74. The van der Waals surface area contributed by atoms with Crippen LogP contribution in [0.15, 0.2) is 58.6 Å². The van der Waals surface area contributed by atoms with Crippen LogP contribution in [0.25, 0.3) is 0 Å². The average molecular weight is 188 g/mol. The maximum Gasteiger partial charge on any atom is 0.124 e. The van der Waals surface area contributed by atoms with Crippen molar-refractivity contribution in [2.75, 3.05) is 0 Å². The van der Waals surface area contributed by atoms with Crippen molar-refractivity contribution in [2.24, 2.45) is 0 Å². The van der Waals surface area contributed by atoms with Crippen molar-refractivity contribution in [3.05, 3.63) is 48.7 Å². The third-order valence-corrected chi connectivity index (χ3v) is 2.45. The van der Waals surface area contributed by atoms with Crippen LogP contribution in [0.2, 0.25) is 0 Å². The van der Waals surface area contributed by atoms with E-state index in [0.717, 1.165) is 5.03 Å². The molecule has 3 heteroatoms. The minimum Gasteiger partial charge on any atom is -0.158 e. The van der Waals surface area contributed by atoms with E-state index in [2.05, 4.69) is 22.3 Å². The Labute approximate surface area is 81.0 Å². The van der Waals surface area contributed by atoms with Crippen molar-refractivity contribution in [3.63, 3.8) is 0 Å². The Hall–Kier alpha value is -1.35. The molecule has 64 valence electrons. The molecule has 0 unspecified atom stereocenters. The van der Waals surface area contributed by atoms with Gasteiger partial charge in [-0.1, -0.05) is 30.0 Å². The SMILES string of the molecule is c1ccc(Sc2cccnn2)cc1. The van der Waals surface area contributed by atoms with Gasteiger partial charge in [-0.3, -0.25) is 0 Å². The van der Waals surface area contributed by atoms with Gasteiger partial charge in [-0.25, -0.2) is 0 Å². The monoisotopic (exact) mass is 188 g/mol. The molecule has 0 spiro atoms. The molecule has 0 saturated heterocycles. The van der Waals surface area contributed by atoms with Gasteiger partial charge in [0.1, 0.15) is 5.03 Å². The molecule has 1 aromatic heterocycles. The van der Waals surface area contributed by atoms with Crippen molar-refractivity contribution in [1.82, 2.24) is 10.2 Å². The molecule has 2 rings (SSSR count). The van der Waals surface area contributed by atoms with Crippen LogP contribution in [-0.2, 0) is 0 Å². The van der Waals surface area contributed by atoms with Crippen LogP contribution in [0, 0.1) is 0 Å². The van der Waals surface area contributed by atoms with E-state index in [4.69, 9.17) is 0 Å². The minimum absolute atomic E-state index is 0.925. The van der Waals surface area contributed by atoms with Gasteiger partial charge in [-0.15, -0.1) is 5.10 Å². The van der Waals surface area contributed by atoms with Crippen molar-refractivity contribution in [1.29, 1.82) is 0 Å². The highest BCUT2D eigenvalue weighted by Gasteiger charge is 1.95. The topological polar surface area (TPSA) is 25.8 Å². The van der Waals surface area contributed by atoms with Crippen molar-refractivity contribution >= 4 is 11.8 Å². The first-order valence-corrected chi connectivity index (χ1v) is 4.77. The second-order valence-corrected chi connectivity index (χ2v) is 3.57. The third kappa shape index (κ3) is 2.29. The van der Waals surface area contributed by atoms with Crippen LogP contribution in [0.5, 0.6) is 0 Å². The number of hydrogen-bond acceptors (Lipinski definition) is 3. The highest BCUT2D eigenvalue weighted by atomic mass is 32.2. The maximum atomic E-state index is 3.99. The molecule has 2 nitrogen and oxygen atoms in total. The number of rotatable bonds is 2. The van der Waals surface area contributed by atoms with Crippen LogP contribution in [0.3, 0.4) is 0 Å². The molecule has 2 aromatic rings. The summed E-state index contributed by atoms with van der Waals surface area (Å²) in [5.74, 6) is 0. The average Bonchev–Trinajstić information content (AvgIpc) is 2.21. The zero-order valence-electron chi connectivity index (χ0n) is 6.92. The van der Waals surface area contributed by atoms with Gasteiger partial charge in [0.25, 0.3) is 0 Å². The molecule has 0 saturated carbocycles. The van der Waals surface area contributed by atoms with Crippen LogP contribution in [0.4, 0.5) is 0 Å². The Bertz CT molecular complexity index is 324. The molecule has 1 aromatic carbocycles.